The van der Waals surface area contributed by atoms with Crippen molar-refractivity contribution in [3.63, 3.8) is 0 Å². The van der Waals surface area contributed by atoms with Crippen molar-refractivity contribution >= 4 is 44.5 Å². The number of nitro benzene ring substituents is 1. The van der Waals surface area contributed by atoms with Crippen molar-refractivity contribution in [2.45, 2.75) is 6.92 Å². The molecule has 0 atom stereocenters. The van der Waals surface area contributed by atoms with Crippen LogP contribution in [-0.2, 0) is 0 Å². The standard InChI is InChI=1S/C14H11N5O3S/c1-7-2-9(15)11(19(21)22)3-10(7)18-14(20)8-5-23-12-4-16-6-17-13(8)12/h2-6H,15H2,1H3,(H,18,20). The van der Waals surface area contributed by atoms with E-state index in [0.29, 0.717) is 22.3 Å². The van der Waals surface area contributed by atoms with Crippen LogP contribution in [-0.4, -0.2) is 20.8 Å². The van der Waals surface area contributed by atoms with Crippen molar-refractivity contribution in [1.29, 1.82) is 0 Å². The lowest BCUT2D eigenvalue weighted by Crippen LogP contribution is -2.13. The van der Waals surface area contributed by atoms with Crippen molar-refractivity contribution in [2.75, 3.05) is 11.1 Å². The Balaban J connectivity index is 1.97. The van der Waals surface area contributed by atoms with Crippen LogP contribution in [0.3, 0.4) is 0 Å². The number of nitrogen functional groups attached to an aromatic ring is 1. The van der Waals surface area contributed by atoms with Gasteiger partial charge in [0.2, 0.25) is 0 Å². The number of carbonyl (C=O) groups is 1. The summed E-state index contributed by atoms with van der Waals surface area (Å²) < 4.78 is 0.789. The van der Waals surface area contributed by atoms with Gasteiger partial charge in [0.15, 0.2) is 0 Å². The highest BCUT2D eigenvalue weighted by atomic mass is 32.1. The van der Waals surface area contributed by atoms with Gasteiger partial charge in [0, 0.05) is 17.6 Å². The molecule has 0 aliphatic heterocycles. The Kier molecular flexibility index (Phi) is 3.62. The molecule has 0 aliphatic carbocycles. The Labute approximate surface area is 134 Å². The molecule has 0 aliphatic rings. The molecular weight excluding hydrogens is 318 g/mol. The van der Waals surface area contributed by atoms with Crippen molar-refractivity contribution in [2.24, 2.45) is 0 Å². The van der Waals surface area contributed by atoms with Gasteiger partial charge in [-0.15, -0.1) is 11.3 Å². The highest BCUT2D eigenvalue weighted by Crippen LogP contribution is 2.30. The second-order valence-electron chi connectivity index (χ2n) is 4.82. The first-order chi connectivity index (χ1) is 11.0. The molecule has 0 spiro atoms. The Bertz CT molecular complexity index is 937. The topological polar surface area (TPSA) is 124 Å². The maximum Gasteiger partial charge on any atom is 0.294 e. The summed E-state index contributed by atoms with van der Waals surface area (Å²) >= 11 is 1.35. The molecule has 1 aromatic carbocycles. The predicted molar refractivity (Wildman–Crippen MR) is 87.6 cm³/mol. The van der Waals surface area contributed by atoms with E-state index in [4.69, 9.17) is 5.73 Å². The van der Waals surface area contributed by atoms with E-state index >= 15 is 0 Å². The lowest BCUT2D eigenvalue weighted by atomic mass is 10.1. The number of fused-ring (bicyclic) bond motifs is 1. The van der Waals surface area contributed by atoms with Crippen LogP contribution in [0.2, 0.25) is 0 Å². The van der Waals surface area contributed by atoms with Crippen LogP contribution in [0.5, 0.6) is 0 Å². The highest BCUT2D eigenvalue weighted by molar-refractivity contribution is 7.17. The minimum absolute atomic E-state index is 0.0548. The summed E-state index contributed by atoms with van der Waals surface area (Å²) in [6, 6.07) is 2.72. The van der Waals surface area contributed by atoms with E-state index in [9.17, 15) is 14.9 Å². The van der Waals surface area contributed by atoms with Gasteiger partial charge in [-0.1, -0.05) is 0 Å². The second-order valence-corrected chi connectivity index (χ2v) is 5.73. The molecule has 3 aromatic rings. The molecule has 8 nitrogen and oxygen atoms in total. The lowest BCUT2D eigenvalue weighted by molar-refractivity contribution is -0.383. The van der Waals surface area contributed by atoms with Crippen molar-refractivity contribution in [1.82, 2.24) is 9.97 Å². The molecule has 3 N–H and O–H groups in total. The molecule has 1 amide bonds. The number of benzene rings is 1. The molecule has 0 saturated carbocycles. The quantitative estimate of drug-likeness (QED) is 0.432. The van der Waals surface area contributed by atoms with Crippen molar-refractivity contribution < 1.29 is 9.72 Å². The van der Waals surface area contributed by atoms with E-state index in [-0.39, 0.29) is 11.4 Å². The zero-order valence-corrected chi connectivity index (χ0v) is 12.8. The Hall–Kier alpha value is -3.07. The number of hydrogen-bond acceptors (Lipinski definition) is 7. The van der Waals surface area contributed by atoms with Gasteiger partial charge in [-0.2, -0.15) is 0 Å². The Morgan fingerprint density at radius 3 is 2.96 bits per heavy atom. The van der Waals surface area contributed by atoms with Gasteiger partial charge in [0.1, 0.15) is 12.0 Å². The number of nitrogens with two attached hydrogens (primary N) is 1. The number of aryl methyl sites for hydroxylation is 1. The number of thiophene rings is 1. The minimum Gasteiger partial charge on any atom is -0.393 e. The van der Waals surface area contributed by atoms with Gasteiger partial charge in [-0.3, -0.25) is 14.9 Å². The number of amides is 1. The fourth-order valence-electron chi connectivity index (χ4n) is 2.15. The molecule has 0 fully saturated rings. The van der Waals surface area contributed by atoms with E-state index in [1.165, 1.54) is 29.8 Å². The third-order valence-corrected chi connectivity index (χ3v) is 4.21. The molecule has 0 radical (unpaired) electrons. The van der Waals surface area contributed by atoms with E-state index in [1.54, 1.807) is 18.5 Å². The van der Waals surface area contributed by atoms with Crippen LogP contribution in [0, 0.1) is 17.0 Å². The van der Waals surface area contributed by atoms with Gasteiger partial charge in [0.25, 0.3) is 11.6 Å². The predicted octanol–water partition coefficient (Wildman–Crippen LogP) is 2.74. The Morgan fingerprint density at radius 1 is 1.43 bits per heavy atom. The van der Waals surface area contributed by atoms with Crippen LogP contribution in [0.1, 0.15) is 15.9 Å². The van der Waals surface area contributed by atoms with Crippen LogP contribution in [0.15, 0.2) is 30.0 Å². The summed E-state index contributed by atoms with van der Waals surface area (Å²) in [5.74, 6) is -0.392. The summed E-state index contributed by atoms with van der Waals surface area (Å²) in [5, 5.41) is 15.3. The molecule has 0 saturated heterocycles. The van der Waals surface area contributed by atoms with Crippen LogP contribution in [0.4, 0.5) is 17.1 Å². The lowest BCUT2D eigenvalue weighted by Gasteiger charge is -2.09. The second kappa shape index (κ2) is 5.61. The molecule has 0 unspecified atom stereocenters. The molecule has 3 rings (SSSR count). The van der Waals surface area contributed by atoms with E-state index in [0.717, 1.165) is 4.70 Å². The van der Waals surface area contributed by atoms with Crippen molar-refractivity contribution in [3.05, 3.63) is 51.3 Å². The summed E-state index contributed by atoms with van der Waals surface area (Å²) in [6.07, 6.45) is 2.99. The molecule has 2 heterocycles. The third-order valence-electron chi connectivity index (χ3n) is 3.30. The number of nitrogens with one attached hydrogen (secondary N) is 1. The fraction of sp³-hybridized carbons (Fsp3) is 0.0714. The summed E-state index contributed by atoms with van der Waals surface area (Å²) in [7, 11) is 0. The average molecular weight is 329 g/mol. The SMILES string of the molecule is Cc1cc(N)c([N+](=O)[O-])cc1NC(=O)c1csc2cncnc12. The van der Waals surface area contributed by atoms with Gasteiger partial charge in [0.05, 0.1) is 26.4 Å². The first-order valence-electron chi connectivity index (χ1n) is 6.50. The Morgan fingerprint density at radius 2 is 2.22 bits per heavy atom. The molecule has 23 heavy (non-hydrogen) atoms. The molecular formula is C14H11N5O3S. The zero-order chi connectivity index (χ0) is 16.6. The van der Waals surface area contributed by atoms with Gasteiger partial charge in [-0.05, 0) is 18.6 Å². The summed E-state index contributed by atoms with van der Waals surface area (Å²) in [4.78, 5) is 30.8. The number of hydrogen-bond donors (Lipinski definition) is 2. The van der Waals surface area contributed by atoms with Gasteiger partial charge >= 0.3 is 0 Å². The molecule has 9 heteroatoms. The first kappa shape index (κ1) is 14.9. The monoisotopic (exact) mass is 329 g/mol. The minimum atomic E-state index is -0.586. The number of nitrogens with zero attached hydrogens (tertiary/aromatic N) is 3. The summed E-state index contributed by atoms with van der Waals surface area (Å²) in [6.45, 7) is 1.71. The fourth-order valence-corrected chi connectivity index (χ4v) is 3.01. The van der Waals surface area contributed by atoms with Gasteiger partial charge in [-0.25, -0.2) is 9.97 Å². The van der Waals surface area contributed by atoms with E-state index in [1.807, 2.05) is 0 Å². The molecule has 2 aromatic heterocycles. The van der Waals surface area contributed by atoms with Crippen LogP contribution < -0.4 is 11.1 Å². The number of anilines is 2. The van der Waals surface area contributed by atoms with Crippen molar-refractivity contribution in [3.8, 4) is 0 Å². The van der Waals surface area contributed by atoms with Gasteiger partial charge < -0.3 is 11.1 Å². The highest BCUT2D eigenvalue weighted by Gasteiger charge is 2.18. The normalized spacial score (nSPS) is 10.7. The molecule has 0 bridgehead atoms. The summed E-state index contributed by atoms with van der Waals surface area (Å²) in [5.41, 5.74) is 7.34. The average Bonchev–Trinajstić information content (AvgIpc) is 2.93. The number of rotatable bonds is 3. The number of aromatic nitrogens is 2. The largest absolute Gasteiger partial charge is 0.393 e. The third kappa shape index (κ3) is 2.69. The maximum atomic E-state index is 12.4. The number of carbonyl (C=O) groups excluding carboxylic acids is 1. The smallest absolute Gasteiger partial charge is 0.294 e. The van der Waals surface area contributed by atoms with E-state index in [2.05, 4.69) is 15.3 Å². The van der Waals surface area contributed by atoms with Crippen LogP contribution >= 0.6 is 11.3 Å². The number of nitro groups is 1. The van der Waals surface area contributed by atoms with E-state index < -0.39 is 10.8 Å². The first-order valence-corrected chi connectivity index (χ1v) is 7.38. The zero-order valence-electron chi connectivity index (χ0n) is 11.9. The molecule has 116 valence electrons. The van der Waals surface area contributed by atoms with Crippen LogP contribution in [0.25, 0.3) is 10.2 Å². The maximum absolute atomic E-state index is 12.4.